The number of thiophene rings is 1. The number of hydrogen-bond acceptors (Lipinski definition) is 4. The summed E-state index contributed by atoms with van der Waals surface area (Å²) in [5.74, 6) is -2.29. The molecule has 24 heavy (non-hydrogen) atoms. The minimum atomic E-state index is -1.17. The molecule has 0 spiro atoms. The molecule has 0 aliphatic carbocycles. The molecule has 0 amide bonds. The quantitative estimate of drug-likeness (QED) is 0.651. The molecule has 0 bridgehead atoms. The van der Waals surface area contributed by atoms with Crippen LogP contribution in [0.3, 0.4) is 0 Å². The van der Waals surface area contributed by atoms with Crippen molar-refractivity contribution in [3.63, 3.8) is 0 Å². The molecule has 7 heteroatoms. The number of ether oxygens (including phenoxy) is 1. The van der Waals surface area contributed by atoms with Gasteiger partial charge in [0.15, 0.2) is 17.2 Å². The number of fused-ring (bicyclic) bond motifs is 1. The average molecular weight is 407 g/mol. The van der Waals surface area contributed by atoms with Gasteiger partial charge in [0.1, 0.15) is 0 Å². The van der Waals surface area contributed by atoms with Crippen LogP contribution in [0.15, 0.2) is 46.9 Å². The molecule has 3 rings (SSSR count). The lowest BCUT2D eigenvalue weighted by Crippen LogP contribution is -2.11. The second kappa shape index (κ2) is 6.62. The third-order valence-electron chi connectivity index (χ3n) is 3.38. The standard InChI is InChI=1S/C17H11BrO5S/c18-13-14(23-8-12(19)20)16(17(21)22)24-15(13)11-7-3-5-9-4-1-2-6-10(9)11/h1-7H,8H2,(H,19,20)(H,21,22). The zero-order valence-corrected chi connectivity index (χ0v) is 14.6. The lowest BCUT2D eigenvalue weighted by molar-refractivity contribution is -0.139. The number of aromatic carboxylic acids is 1. The maximum absolute atomic E-state index is 11.5. The van der Waals surface area contributed by atoms with Crippen LogP contribution in [0.4, 0.5) is 0 Å². The van der Waals surface area contributed by atoms with E-state index in [9.17, 15) is 14.7 Å². The molecular formula is C17H11BrO5S. The monoisotopic (exact) mass is 406 g/mol. The van der Waals surface area contributed by atoms with Gasteiger partial charge in [0.05, 0.1) is 9.35 Å². The van der Waals surface area contributed by atoms with Crippen LogP contribution in [0.5, 0.6) is 5.75 Å². The Balaban J connectivity index is 2.19. The molecule has 2 N–H and O–H groups in total. The molecule has 3 aromatic rings. The second-order valence-electron chi connectivity index (χ2n) is 4.92. The molecule has 122 valence electrons. The van der Waals surface area contributed by atoms with Gasteiger partial charge in [-0.1, -0.05) is 42.5 Å². The van der Waals surface area contributed by atoms with Gasteiger partial charge < -0.3 is 14.9 Å². The molecule has 0 fully saturated rings. The first-order chi connectivity index (χ1) is 11.5. The third kappa shape index (κ3) is 3.00. The summed E-state index contributed by atoms with van der Waals surface area (Å²) in [6, 6.07) is 13.5. The average Bonchev–Trinajstić information content (AvgIpc) is 2.89. The van der Waals surface area contributed by atoms with Crippen LogP contribution < -0.4 is 4.74 Å². The molecule has 0 aliphatic rings. The summed E-state index contributed by atoms with van der Waals surface area (Å²) in [6.45, 7) is -0.607. The highest BCUT2D eigenvalue weighted by atomic mass is 79.9. The van der Waals surface area contributed by atoms with E-state index in [4.69, 9.17) is 9.84 Å². The van der Waals surface area contributed by atoms with Gasteiger partial charge in [-0.25, -0.2) is 9.59 Å². The lowest BCUT2D eigenvalue weighted by atomic mass is 10.0. The van der Waals surface area contributed by atoms with Gasteiger partial charge in [-0.15, -0.1) is 11.3 Å². The summed E-state index contributed by atoms with van der Waals surface area (Å²) in [7, 11) is 0. The van der Waals surface area contributed by atoms with E-state index < -0.39 is 18.5 Å². The molecule has 5 nitrogen and oxygen atoms in total. The van der Waals surface area contributed by atoms with Crippen LogP contribution in [0.2, 0.25) is 0 Å². The Hall–Kier alpha value is -2.38. The summed E-state index contributed by atoms with van der Waals surface area (Å²) in [5.41, 5.74) is 0.859. The number of benzene rings is 2. The zero-order valence-electron chi connectivity index (χ0n) is 12.2. The van der Waals surface area contributed by atoms with Crippen LogP contribution in [0.1, 0.15) is 9.67 Å². The predicted molar refractivity (Wildman–Crippen MR) is 95.1 cm³/mol. The lowest BCUT2D eigenvalue weighted by Gasteiger charge is -2.06. The molecule has 0 aliphatic heterocycles. The van der Waals surface area contributed by atoms with Gasteiger partial charge in [0, 0.05) is 5.56 Å². The molecule has 1 aromatic heterocycles. The summed E-state index contributed by atoms with van der Waals surface area (Å²) < 4.78 is 5.63. The topological polar surface area (TPSA) is 83.8 Å². The first-order valence-corrected chi connectivity index (χ1v) is 8.48. The van der Waals surface area contributed by atoms with Gasteiger partial charge in [-0.3, -0.25) is 0 Å². The minimum Gasteiger partial charge on any atom is -0.479 e. The number of carboxylic acids is 2. The maximum atomic E-state index is 11.5. The Kier molecular flexibility index (Phi) is 4.55. The van der Waals surface area contributed by atoms with E-state index >= 15 is 0 Å². The Morgan fingerprint density at radius 1 is 1.08 bits per heavy atom. The molecule has 1 heterocycles. The normalized spacial score (nSPS) is 10.7. The number of hydrogen-bond donors (Lipinski definition) is 2. The SMILES string of the molecule is O=C(O)COc1c(C(=O)O)sc(-c2cccc3ccccc23)c1Br. The molecule has 0 saturated carbocycles. The van der Waals surface area contributed by atoms with Crippen LogP contribution in [-0.4, -0.2) is 28.8 Å². The van der Waals surface area contributed by atoms with Crippen molar-refractivity contribution < 1.29 is 24.5 Å². The van der Waals surface area contributed by atoms with Gasteiger partial charge in [0.2, 0.25) is 0 Å². The van der Waals surface area contributed by atoms with E-state index in [0.29, 0.717) is 9.35 Å². The largest absolute Gasteiger partial charge is 0.479 e. The van der Waals surface area contributed by atoms with E-state index in [2.05, 4.69) is 15.9 Å². The smallest absolute Gasteiger partial charge is 0.349 e. The number of halogens is 1. The Labute approximate surface area is 149 Å². The zero-order chi connectivity index (χ0) is 17.3. The second-order valence-corrected chi connectivity index (χ2v) is 6.73. The van der Waals surface area contributed by atoms with Gasteiger partial charge in [-0.2, -0.15) is 0 Å². The number of rotatable bonds is 5. The van der Waals surface area contributed by atoms with E-state index in [1.165, 1.54) is 0 Å². The first kappa shape index (κ1) is 16.5. The maximum Gasteiger partial charge on any atom is 0.349 e. The molecule has 0 saturated heterocycles. The van der Waals surface area contributed by atoms with Gasteiger partial charge in [0.25, 0.3) is 0 Å². The van der Waals surface area contributed by atoms with E-state index in [1.54, 1.807) is 0 Å². The summed E-state index contributed by atoms with van der Waals surface area (Å²) in [4.78, 5) is 22.9. The van der Waals surface area contributed by atoms with Crippen molar-refractivity contribution in [1.29, 1.82) is 0 Å². The fourth-order valence-electron chi connectivity index (χ4n) is 2.40. The molecule has 0 atom stereocenters. The van der Waals surface area contributed by atoms with Gasteiger partial charge >= 0.3 is 11.9 Å². The van der Waals surface area contributed by atoms with Crippen molar-refractivity contribution in [2.75, 3.05) is 6.61 Å². The van der Waals surface area contributed by atoms with Crippen LogP contribution >= 0.6 is 27.3 Å². The summed E-state index contributed by atoms with van der Waals surface area (Å²) in [6.07, 6.45) is 0. The van der Waals surface area contributed by atoms with E-state index in [1.807, 2.05) is 42.5 Å². The third-order valence-corrected chi connectivity index (χ3v) is 5.59. The van der Waals surface area contributed by atoms with Crippen molar-refractivity contribution in [1.82, 2.24) is 0 Å². The van der Waals surface area contributed by atoms with E-state index in [-0.39, 0.29) is 10.6 Å². The van der Waals surface area contributed by atoms with E-state index in [0.717, 1.165) is 27.7 Å². The number of carbonyl (C=O) groups is 2. The van der Waals surface area contributed by atoms with Crippen molar-refractivity contribution in [2.24, 2.45) is 0 Å². The minimum absolute atomic E-state index is 0.0361. The van der Waals surface area contributed by atoms with Crippen molar-refractivity contribution >= 4 is 50.0 Å². The first-order valence-electron chi connectivity index (χ1n) is 6.87. The molecular weight excluding hydrogens is 396 g/mol. The Bertz CT molecular complexity index is 942. The highest BCUT2D eigenvalue weighted by Crippen LogP contribution is 2.47. The van der Waals surface area contributed by atoms with Crippen LogP contribution in [0.25, 0.3) is 21.2 Å². The van der Waals surface area contributed by atoms with Crippen molar-refractivity contribution in [3.8, 4) is 16.2 Å². The van der Waals surface area contributed by atoms with Crippen LogP contribution in [-0.2, 0) is 4.79 Å². The fourth-order valence-corrected chi connectivity index (χ4v) is 4.31. The molecule has 0 unspecified atom stereocenters. The number of aliphatic carboxylic acids is 1. The molecule has 0 radical (unpaired) electrons. The Morgan fingerprint density at radius 3 is 2.50 bits per heavy atom. The highest BCUT2D eigenvalue weighted by molar-refractivity contribution is 9.10. The van der Waals surface area contributed by atoms with Crippen molar-refractivity contribution in [2.45, 2.75) is 0 Å². The summed E-state index contributed by atoms with van der Waals surface area (Å²) >= 11 is 4.42. The molecule has 2 aromatic carbocycles. The van der Waals surface area contributed by atoms with Gasteiger partial charge in [-0.05, 0) is 26.7 Å². The fraction of sp³-hybridized carbons (Fsp3) is 0.0588. The highest BCUT2D eigenvalue weighted by Gasteiger charge is 2.25. The van der Waals surface area contributed by atoms with Crippen LogP contribution in [0, 0.1) is 0 Å². The predicted octanol–water partition coefficient (Wildman–Crippen LogP) is 4.49. The van der Waals surface area contributed by atoms with Crippen molar-refractivity contribution in [3.05, 3.63) is 51.8 Å². The summed E-state index contributed by atoms with van der Waals surface area (Å²) in [5, 5.41) is 20.2. The Morgan fingerprint density at radius 2 is 1.79 bits per heavy atom. The number of carboxylic acid groups (broad SMARTS) is 2.